The van der Waals surface area contributed by atoms with Crippen LogP contribution in [0.1, 0.15) is 44.1 Å². The molecule has 2 heterocycles. The second kappa shape index (κ2) is 5.73. The van der Waals surface area contributed by atoms with Crippen molar-refractivity contribution in [1.82, 2.24) is 4.90 Å². The zero-order chi connectivity index (χ0) is 14.1. The van der Waals surface area contributed by atoms with Gasteiger partial charge in [-0.25, -0.2) is 0 Å². The molecule has 2 nitrogen and oxygen atoms in total. The Bertz CT molecular complexity index is 466. The number of rotatable bonds is 2. The van der Waals surface area contributed by atoms with Crippen molar-refractivity contribution in [1.29, 1.82) is 0 Å². The first kappa shape index (κ1) is 13.8. The molecule has 1 aromatic carbocycles. The quantitative estimate of drug-likeness (QED) is 0.818. The molecule has 3 atom stereocenters. The Morgan fingerprint density at radius 3 is 2.81 bits per heavy atom. The van der Waals surface area contributed by atoms with Crippen molar-refractivity contribution in [3.05, 3.63) is 35.9 Å². The molecule has 0 radical (unpaired) electrons. The van der Waals surface area contributed by atoms with Crippen LogP contribution in [0.5, 0.6) is 0 Å². The summed E-state index contributed by atoms with van der Waals surface area (Å²) in [6.07, 6.45) is 8.03. The third-order valence-corrected chi connectivity index (χ3v) is 6.01. The van der Waals surface area contributed by atoms with E-state index in [1.807, 2.05) is 0 Å². The molecule has 2 aliphatic heterocycles. The molecule has 3 unspecified atom stereocenters. The fourth-order valence-corrected chi connectivity index (χ4v) is 4.88. The maximum Gasteiger partial charge on any atom is 0.0686 e. The number of fused-ring (bicyclic) bond motifs is 1. The average molecular weight is 285 g/mol. The Kier molecular flexibility index (Phi) is 3.76. The number of hydrogen-bond donors (Lipinski definition) is 0. The standard InChI is InChI=1S/C19H27NO/c1-2-5-16(6-3-1)14-20-11-8-17-13-19(9-4-12-21-19)10-7-18(17)15-20/h1-3,5-6,17-18H,4,7-15H2. The first-order valence-corrected chi connectivity index (χ1v) is 8.73. The minimum Gasteiger partial charge on any atom is -0.375 e. The minimum absolute atomic E-state index is 0.294. The third kappa shape index (κ3) is 2.89. The molecule has 0 amide bonds. The maximum atomic E-state index is 6.14. The monoisotopic (exact) mass is 285 g/mol. The highest BCUT2D eigenvalue weighted by atomic mass is 16.5. The highest BCUT2D eigenvalue weighted by molar-refractivity contribution is 5.14. The highest BCUT2D eigenvalue weighted by Crippen LogP contribution is 2.47. The minimum atomic E-state index is 0.294. The molecule has 21 heavy (non-hydrogen) atoms. The summed E-state index contributed by atoms with van der Waals surface area (Å²) in [5.74, 6) is 1.83. The van der Waals surface area contributed by atoms with Gasteiger partial charge in [0.25, 0.3) is 0 Å². The summed E-state index contributed by atoms with van der Waals surface area (Å²) in [4.78, 5) is 2.67. The zero-order valence-electron chi connectivity index (χ0n) is 13.0. The summed E-state index contributed by atoms with van der Waals surface area (Å²) < 4.78 is 6.14. The Morgan fingerprint density at radius 2 is 2.00 bits per heavy atom. The number of hydrogen-bond acceptors (Lipinski definition) is 2. The predicted octanol–water partition coefficient (Wildman–Crippen LogP) is 3.86. The number of ether oxygens (including phenoxy) is 1. The molecular formula is C19H27NO. The molecule has 1 aliphatic carbocycles. The summed E-state index contributed by atoms with van der Waals surface area (Å²) in [5, 5.41) is 0. The van der Waals surface area contributed by atoms with Gasteiger partial charge in [0.15, 0.2) is 0 Å². The molecule has 4 rings (SSSR count). The van der Waals surface area contributed by atoms with E-state index in [1.54, 1.807) is 0 Å². The lowest BCUT2D eigenvalue weighted by atomic mass is 9.68. The first-order chi connectivity index (χ1) is 10.3. The maximum absolute atomic E-state index is 6.14. The van der Waals surface area contributed by atoms with Crippen LogP contribution in [0.3, 0.4) is 0 Å². The lowest BCUT2D eigenvalue weighted by Gasteiger charge is -2.47. The molecule has 1 saturated carbocycles. The topological polar surface area (TPSA) is 12.5 Å². The van der Waals surface area contributed by atoms with Crippen molar-refractivity contribution in [2.75, 3.05) is 19.7 Å². The van der Waals surface area contributed by atoms with Crippen LogP contribution in [-0.2, 0) is 11.3 Å². The number of piperidine rings is 1. The molecule has 0 bridgehead atoms. The Morgan fingerprint density at radius 1 is 1.10 bits per heavy atom. The van der Waals surface area contributed by atoms with Gasteiger partial charge >= 0.3 is 0 Å². The SMILES string of the molecule is c1ccc(CN2CCC3CC4(CCCO4)CCC3C2)cc1. The van der Waals surface area contributed by atoms with E-state index in [4.69, 9.17) is 4.74 Å². The highest BCUT2D eigenvalue weighted by Gasteiger charge is 2.44. The molecule has 0 N–H and O–H groups in total. The van der Waals surface area contributed by atoms with E-state index in [-0.39, 0.29) is 0 Å². The normalized spacial score (nSPS) is 36.8. The molecule has 2 heteroatoms. The summed E-state index contributed by atoms with van der Waals surface area (Å²) in [6.45, 7) is 4.71. The molecule has 114 valence electrons. The van der Waals surface area contributed by atoms with Crippen LogP contribution in [0, 0.1) is 11.8 Å². The van der Waals surface area contributed by atoms with Gasteiger partial charge in [0, 0.05) is 19.7 Å². The Balaban J connectivity index is 1.36. The van der Waals surface area contributed by atoms with E-state index >= 15 is 0 Å². The molecule has 1 aromatic rings. The van der Waals surface area contributed by atoms with Gasteiger partial charge in [-0.05, 0) is 62.5 Å². The fraction of sp³-hybridized carbons (Fsp3) is 0.684. The van der Waals surface area contributed by atoms with Gasteiger partial charge < -0.3 is 4.74 Å². The van der Waals surface area contributed by atoms with Crippen molar-refractivity contribution in [3.63, 3.8) is 0 Å². The van der Waals surface area contributed by atoms with E-state index in [0.29, 0.717) is 5.60 Å². The molecule has 3 fully saturated rings. The van der Waals surface area contributed by atoms with Crippen LogP contribution < -0.4 is 0 Å². The average Bonchev–Trinajstić information content (AvgIpc) is 2.97. The van der Waals surface area contributed by atoms with E-state index in [9.17, 15) is 0 Å². The Hall–Kier alpha value is -0.860. The molecular weight excluding hydrogens is 258 g/mol. The lowest BCUT2D eigenvalue weighted by molar-refractivity contribution is -0.0722. The van der Waals surface area contributed by atoms with Crippen LogP contribution in [0.25, 0.3) is 0 Å². The Labute approximate surface area is 128 Å². The van der Waals surface area contributed by atoms with E-state index in [1.165, 1.54) is 57.2 Å². The van der Waals surface area contributed by atoms with Gasteiger partial charge in [-0.3, -0.25) is 4.90 Å². The van der Waals surface area contributed by atoms with Crippen LogP contribution in [0.2, 0.25) is 0 Å². The van der Waals surface area contributed by atoms with Gasteiger partial charge in [0.05, 0.1) is 5.60 Å². The molecule has 2 saturated heterocycles. The summed E-state index contributed by atoms with van der Waals surface area (Å²) in [7, 11) is 0. The van der Waals surface area contributed by atoms with Gasteiger partial charge in [-0.15, -0.1) is 0 Å². The smallest absolute Gasteiger partial charge is 0.0686 e. The lowest BCUT2D eigenvalue weighted by Crippen LogP contribution is -2.47. The van der Waals surface area contributed by atoms with Crippen molar-refractivity contribution in [2.45, 2.75) is 50.7 Å². The van der Waals surface area contributed by atoms with Gasteiger partial charge in [-0.2, -0.15) is 0 Å². The fourth-order valence-electron chi connectivity index (χ4n) is 4.88. The first-order valence-electron chi connectivity index (χ1n) is 8.73. The third-order valence-electron chi connectivity index (χ3n) is 6.01. The van der Waals surface area contributed by atoms with Crippen molar-refractivity contribution >= 4 is 0 Å². The van der Waals surface area contributed by atoms with Crippen molar-refractivity contribution < 1.29 is 4.74 Å². The molecule has 1 spiro atoms. The van der Waals surface area contributed by atoms with E-state index in [2.05, 4.69) is 35.2 Å². The largest absolute Gasteiger partial charge is 0.375 e. The van der Waals surface area contributed by atoms with Crippen molar-refractivity contribution in [3.8, 4) is 0 Å². The summed E-state index contributed by atoms with van der Waals surface area (Å²) in [6, 6.07) is 10.9. The van der Waals surface area contributed by atoms with Gasteiger partial charge in [0.1, 0.15) is 0 Å². The van der Waals surface area contributed by atoms with Crippen molar-refractivity contribution in [2.24, 2.45) is 11.8 Å². The number of nitrogens with zero attached hydrogens (tertiary/aromatic N) is 1. The van der Waals surface area contributed by atoms with E-state index in [0.717, 1.165) is 25.0 Å². The van der Waals surface area contributed by atoms with Crippen LogP contribution in [0.15, 0.2) is 30.3 Å². The number of benzene rings is 1. The molecule has 0 aromatic heterocycles. The predicted molar refractivity (Wildman–Crippen MR) is 85.1 cm³/mol. The van der Waals surface area contributed by atoms with Gasteiger partial charge in [-0.1, -0.05) is 30.3 Å². The summed E-state index contributed by atoms with van der Waals surface area (Å²) >= 11 is 0. The second-order valence-corrected chi connectivity index (χ2v) is 7.41. The van der Waals surface area contributed by atoms with Gasteiger partial charge in [0.2, 0.25) is 0 Å². The summed E-state index contributed by atoms with van der Waals surface area (Å²) in [5.41, 5.74) is 1.75. The molecule has 3 aliphatic rings. The van der Waals surface area contributed by atoms with Crippen LogP contribution >= 0.6 is 0 Å². The number of likely N-dealkylation sites (tertiary alicyclic amines) is 1. The zero-order valence-corrected chi connectivity index (χ0v) is 13.0. The second-order valence-electron chi connectivity index (χ2n) is 7.41. The van der Waals surface area contributed by atoms with E-state index < -0.39 is 0 Å². The van der Waals surface area contributed by atoms with Crippen LogP contribution in [0.4, 0.5) is 0 Å². The van der Waals surface area contributed by atoms with Crippen LogP contribution in [-0.4, -0.2) is 30.2 Å².